The number of piperidine rings is 2. The summed E-state index contributed by atoms with van der Waals surface area (Å²) in [6, 6.07) is 12.9. The van der Waals surface area contributed by atoms with Crippen molar-refractivity contribution < 1.29 is 4.79 Å². The molecule has 4 heterocycles. The van der Waals surface area contributed by atoms with Crippen LogP contribution in [-0.4, -0.2) is 58.4 Å². The van der Waals surface area contributed by atoms with Gasteiger partial charge in [-0.2, -0.15) is 0 Å². The Morgan fingerprint density at radius 3 is 2.65 bits per heavy atom. The number of rotatable bonds is 5. The zero-order chi connectivity index (χ0) is 23.7. The van der Waals surface area contributed by atoms with E-state index in [-0.39, 0.29) is 5.91 Å². The highest BCUT2D eigenvalue weighted by Gasteiger charge is 2.34. The topological polar surface area (TPSA) is 49.3 Å². The Kier molecular flexibility index (Phi) is 6.64. The minimum Gasteiger partial charge on any atom is -0.341 e. The SMILES string of the molecule is CC(C)c1ccc2nc(-c3ccncc3)cc(C(=O)N(C)C[C@@H]3CCCN4CCCC[C@H]34)c2c1. The number of hydrogen-bond acceptors (Lipinski definition) is 4. The van der Waals surface area contributed by atoms with Gasteiger partial charge in [-0.3, -0.25) is 9.78 Å². The number of pyridine rings is 2. The van der Waals surface area contributed by atoms with Crippen LogP contribution in [0.1, 0.15) is 67.8 Å². The van der Waals surface area contributed by atoms with Crippen molar-refractivity contribution in [1.29, 1.82) is 0 Å². The molecule has 2 atom stereocenters. The summed E-state index contributed by atoms with van der Waals surface area (Å²) in [5, 5.41) is 0.948. The summed E-state index contributed by atoms with van der Waals surface area (Å²) in [4.78, 5) is 27.6. The van der Waals surface area contributed by atoms with Gasteiger partial charge in [0.1, 0.15) is 0 Å². The number of aromatic nitrogens is 2. The zero-order valence-corrected chi connectivity index (χ0v) is 20.7. The summed E-state index contributed by atoms with van der Waals surface area (Å²) in [5.41, 5.74) is 4.64. The van der Waals surface area contributed by atoms with Crippen molar-refractivity contribution in [2.75, 3.05) is 26.7 Å². The van der Waals surface area contributed by atoms with E-state index in [0.717, 1.165) is 34.3 Å². The van der Waals surface area contributed by atoms with Crippen molar-refractivity contribution in [2.24, 2.45) is 5.92 Å². The summed E-state index contributed by atoms with van der Waals surface area (Å²) in [7, 11) is 1.98. The molecule has 5 heteroatoms. The molecule has 0 spiro atoms. The van der Waals surface area contributed by atoms with Crippen molar-refractivity contribution in [1.82, 2.24) is 19.8 Å². The van der Waals surface area contributed by atoms with Crippen LogP contribution >= 0.6 is 0 Å². The lowest BCUT2D eigenvalue weighted by Crippen LogP contribution is -2.51. The number of fused-ring (bicyclic) bond motifs is 2. The Labute approximate surface area is 203 Å². The van der Waals surface area contributed by atoms with E-state index in [1.807, 2.05) is 30.1 Å². The Morgan fingerprint density at radius 1 is 1.06 bits per heavy atom. The van der Waals surface area contributed by atoms with Gasteiger partial charge >= 0.3 is 0 Å². The standard InChI is InChI=1S/C29H36N4O/c1-20(2)22-9-10-26-24(17-22)25(18-27(31-26)21-11-13-30-14-12-21)29(34)32(3)19-23-7-6-16-33-15-5-4-8-28(23)33/h9-14,17-18,20,23,28H,4-8,15-16,19H2,1-3H3/t23-,28+/m0/s1. The maximum Gasteiger partial charge on any atom is 0.254 e. The molecule has 2 fully saturated rings. The highest BCUT2D eigenvalue weighted by Crippen LogP contribution is 2.32. The fourth-order valence-electron chi connectivity index (χ4n) is 5.88. The minimum absolute atomic E-state index is 0.0940. The van der Waals surface area contributed by atoms with Gasteiger partial charge in [0.2, 0.25) is 0 Å². The van der Waals surface area contributed by atoms with Gasteiger partial charge in [0, 0.05) is 43.0 Å². The molecule has 0 radical (unpaired) electrons. The molecule has 34 heavy (non-hydrogen) atoms. The molecule has 0 unspecified atom stereocenters. The zero-order valence-electron chi connectivity index (χ0n) is 20.7. The second-order valence-electron chi connectivity index (χ2n) is 10.4. The molecule has 2 aliphatic heterocycles. The van der Waals surface area contributed by atoms with E-state index < -0.39 is 0 Å². The van der Waals surface area contributed by atoms with Crippen LogP contribution in [0.2, 0.25) is 0 Å². The predicted octanol–water partition coefficient (Wildman–Crippen LogP) is 5.76. The summed E-state index contributed by atoms with van der Waals surface area (Å²) in [6.45, 7) is 7.64. The van der Waals surface area contributed by atoms with E-state index in [2.05, 4.69) is 41.9 Å². The number of amides is 1. The van der Waals surface area contributed by atoms with E-state index >= 15 is 0 Å². The molecule has 2 saturated heterocycles. The first kappa shape index (κ1) is 23.0. The Morgan fingerprint density at radius 2 is 1.85 bits per heavy atom. The molecule has 2 aromatic heterocycles. The van der Waals surface area contributed by atoms with E-state index in [9.17, 15) is 4.79 Å². The molecule has 3 aromatic rings. The van der Waals surface area contributed by atoms with E-state index in [4.69, 9.17) is 4.98 Å². The molecule has 0 saturated carbocycles. The number of nitrogens with zero attached hydrogens (tertiary/aromatic N) is 4. The highest BCUT2D eigenvalue weighted by molar-refractivity contribution is 6.07. The maximum atomic E-state index is 13.9. The first-order valence-electron chi connectivity index (χ1n) is 12.9. The first-order chi connectivity index (χ1) is 16.5. The van der Waals surface area contributed by atoms with Crippen molar-refractivity contribution in [3.05, 3.63) is 59.9 Å². The lowest BCUT2D eigenvalue weighted by atomic mass is 9.83. The van der Waals surface area contributed by atoms with Crippen molar-refractivity contribution in [2.45, 2.75) is 57.9 Å². The smallest absolute Gasteiger partial charge is 0.254 e. The first-order valence-corrected chi connectivity index (χ1v) is 12.9. The van der Waals surface area contributed by atoms with Crippen LogP contribution in [0.5, 0.6) is 0 Å². The van der Waals surface area contributed by atoms with Gasteiger partial charge in [-0.25, -0.2) is 4.98 Å². The van der Waals surface area contributed by atoms with Gasteiger partial charge in [0.05, 0.1) is 16.8 Å². The molecule has 1 aromatic carbocycles. The monoisotopic (exact) mass is 456 g/mol. The molecule has 0 aliphatic carbocycles. The fraction of sp³-hybridized carbons (Fsp3) is 0.483. The summed E-state index contributed by atoms with van der Waals surface area (Å²) >= 11 is 0. The van der Waals surface area contributed by atoms with E-state index in [1.165, 1.54) is 50.8 Å². The highest BCUT2D eigenvalue weighted by atomic mass is 16.2. The van der Waals surface area contributed by atoms with Crippen LogP contribution in [0, 0.1) is 5.92 Å². The Balaban J connectivity index is 1.50. The van der Waals surface area contributed by atoms with E-state index in [1.54, 1.807) is 12.4 Å². The van der Waals surface area contributed by atoms with Crippen molar-refractivity contribution >= 4 is 16.8 Å². The Bertz CT molecular complexity index is 1160. The molecule has 1 amide bonds. The summed E-state index contributed by atoms with van der Waals surface area (Å²) in [5.74, 6) is 1.04. The fourth-order valence-corrected chi connectivity index (χ4v) is 5.88. The molecule has 178 valence electrons. The average Bonchev–Trinajstić information content (AvgIpc) is 2.88. The normalized spacial score (nSPS) is 20.9. The second-order valence-corrected chi connectivity index (χ2v) is 10.4. The van der Waals surface area contributed by atoms with Gasteiger partial charge < -0.3 is 9.80 Å². The van der Waals surface area contributed by atoms with Crippen molar-refractivity contribution in [3.8, 4) is 11.3 Å². The second kappa shape index (κ2) is 9.83. The van der Waals surface area contributed by atoms with Gasteiger partial charge in [0.15, 0.2) is 0 Å². The number of hydrogen-bond donors (Lipinski definition) is 0. The average molecular weight is 457 g/mol. The van der Waals surface area contributed by atoms with Crippen LogP contribution in [0.3, 0.4) is 0 Å². The molecule has 0 N–H and O–H groups in total. The summed E-state index contributed by atoms with van der Waals surface area (Å²) in [6.07, 6.45) is 9.91. The quantitative estimate of drug-likeness (QED) is 0.490. The van der Waals surface area contributed by atoms with Crippen LogP contribution < -0.4 is 0 Å². The molecular formula is C29H36N4O. The molecular weight excluding hydrogens is 420 g/mol. The van der Waals surface area contributed by atoms with Crippen LogP contribution in [0.25, 0.3) is 22.2 Å². The lowest BCUT2D eigenvalue weighted by molar-refractivity contribution is 0.0403. The van der Waals surface area contributed by atoms with Crippen LogP contribution in [0.15, 0.2) is 48.8 Å². The molecule has 0 bridgehead atoms. The van der Waals surface area contributed by atoms with Gasteiger partial charge in [0.25, 0.3) is 5.91 Å². The van der Waals surface area contributed by atoms with Gasteiger partial charge in [-0.15, -0.1) is 0 Å². The largest absolute Gasteiger partial charge is 0.341 e. The van der Waals surface area contributed by atoms with Crippen molar-refractivity contribution in [3.63, 3.8) is 0 Å². The van der Waals surface area contributed by atoms with Crippen LogP contribution in [-0.2, 0) is 0 Å². The molecule has 2 aliphatic rings. The van der Waals surface area contributed by atoms with Crippen LogP contribution in [0.4, 0.5) is 0 Å². The third kappa shape index (κ3) is 4.58. The lowest BCUT2D eigenvalue weighted by Gasteiger charge is -2.45. The number of carbonyl (C=O) groups is 1. The van der Waals surface area contributed by atoms with E-state index in [0.29, 0.717) is 17.9 Å². The third-order valence-corrected chi connectivity index (χ3v) is 7.79. The minimum atomic E-state index is 0.0940. The van der Waals surface area contributed by atoms with Gasteiger partial charge in [-0.05, 0) is 86.5 Å². The molecule has 5 rings (SSSR count). The molecule has 5 nitrogen and oxygen atoms in total. The third-order valence-electron chi connectivity index (χ3n) is 7.79. The number of carbonyl (C=O) groups excluding carboxylic acids is 1. The summed E-state index contributed by atoms with van der Waals surface area (Å²) < 4.78 is 0. The maximum absolute atomic E-state index is 13.9. The predicted molar refractivity (Wildman–Crippen MR) is 138 cm³/mol. The van der Waals surface area contributed by atoms with Gasteiger partial charge in [-0.1, -0.05) is 26.3 Å². The number of benzene rings is 1. The Hall–Kier alpha value is -2.79.